The Labute approximate surface area is 165 Å². The summed E-state index contributed by atoms with van der Waals surface area (Å²) in [7, 11) is 0. The van der Waals surface area contributed by atoms with Crippen LogP contribution >= 0.6 is 34.4 Å². The summed E-state index contributed by atoms with van der Waals surface area (Å²) in [4.78, 5) is 21.9. The predicted molar refractivity (Wildman–Crippen MR) is 114 cm³/mol. The summed E-state index contributed by atoms with van der Waals surface area (Å²) in [5.41, 5.74) is 2.37. The number of allylic oxidation sites excluding steroid dienone is 1. The van der Waals surface area contributed by atoms with Gasteiger partial charge in [-0.25, -0.2) is 4.98 Å². The molecule has 0 saturated heterocycles. The minimum Gasteiger partial charge on any atom is -0.283 e. The zero-order valence-electron chi connectivity index (χ0n) is 14.9. The number of thioether (sulfide) groups is 1. The van der Waals surface area contributed by atoms with Crippen LogP contribution in [0.15, 0.2) is 39.6 Å². The van der Waals surface area contributed by atoms with Crippen molar-refractivity contribution in [3.8, 4) is 0 Å². The summed E-state index contributed by atoms with van der Waals surface area (Å²) in [5.74, 6) is 0.930. The second-order valence-electron chi connectivity index (χ2n) is 6.81. The number of hydrogen-bond acceptors (Lipinski definition) is 5. The molecule has 0 spiro atoms. The summed E-state index contributed by atoms with van der Waals surface area (Å²) < 4.78 is 1.84. The molecule has 0 saturated carbocycles. The quantitative estimate of drug-likeness (QED) is 0.318. The highest BCUT2D eigenvalue weighted by Crippen LogP contribution is 2.34. The fourth-order valence-electron chi connectivity index (χ4n) is 3.44. The van der Waals surface area contributed by atoms with Crippen LogP contribution in [0.3, 0.4) is 0 Å². The number of aromatic nitrogens is 2. The first-order valence-electron chi connectivity index (χ1n) is 8.98. The molecule has 4 rings (SSSR count). The third-order valence-corrected chi connectivity index (χ3v) is 7.73. The topological polar surface area (TPSA) is 34.9 Å². The van der Waals surface area contributed by atoms with Gasteiger partial charge in [0.05, 0.1) is 5.39 Å². The molecule has 136 valence electrons. The zero-order chi connectivity index (χ0) is 18.1. The molecule has 0 aliphatic heterocycles. The summed E-state index contributed by atoms with van der Waals surface area (Å²) in [6.07, 6.45) is 5.52. The number of thiophene rings is 2. The Morgan fingerprint density at radius 1 is 1.38 bits per heavy atom. The van der Waals surface area contributed by atoms with E-state index in [2.05, 4.69) is 24.1 Å². The van der Waals surface area contributed by atoms with E-state index in [0.717, 1.165) is 46.0 Å². The first-order valence-corrected chi connectivity index (χ1v) is 11.7. The number of rotatable bonds is 6. The van der Waals surface area contributed by atoms with E-state index in [9.17, 15) is 4.79 Å². The maximum atomic E-state index is 13.3. The van der Waals surface area contributed by atoms with Crippen LogP contribution in [-0.2, 0) is 25.8 Å². The number of fused-ring (bicyclic) bond motifs is 3. The fraction of sp³-hybridized carbons (Fsp3) is 0.400. The molecule has 0 bridgehead atoms. The van der Waals surface area contributed by atoms with Gasteiger partial charge in [-0.15, -0.1) is 22.7 Å². The first-order chi connectivity index (χ1) is 12.6. The molecule has 3 aromatic rings. The number of nitrogens with zero attached hydrogens (tertiary/aromatic N) is 2. The molecule has 3 heterocycles. The zero-order valence-corrected chi connectivity index (χ0v) is 17.4. The van der Waals surface area contributed by atoms with E-state index in [0.29, 0.717) is 6.54 Å². The molecule has 1 aliphatic carbocycles. The molecule has 3 aromatic heterocycles. The van der Waals surface area contributed by atoms with Gasteiger partial charge in [-0.2, -0.15) is 0 Å². The Hall–Kier alpha value is -1.37. The van der Waals surface area contributed by atoms with E-state index in [1.807, 2.05) is 11.5 Å². The van der Waals surface area contributed by atoms with Gasteiger partial charge in [-0.1, -0.05) is 30.0 Å². The highest BCUT2D eigenvalue weighted by Gasteiger charge is 2.22. The van der Waals surface area contributed by atoms with Crippen molar-refractivity contribution in [3.05, 3.63) is 55.3 Å². The van der Waals surface area contributed by atoms with Crippen molar-refractivity contribution >= 4 is 44.7 Å². The molecule has 0 amide bonds. The predicted octanol–water partition coefficient (Wildman–Crippen LogP) is 5.31. The molecule has 0 fully saturated rings. The van der Waals surface area contributed by atoms with Crippen molar-refractivity contribution in [2.24, 2.45) is 0 Å². The average Bonchev–Trinajstić information content (AvgIpc) is 3.25. The second-order valence-corrected chi connectivity index (χ2v) is 9.99. The largest absolute Gasteiger partial charge is 0.283 e. The van der Waals surface area contributed by atoms with Gasteiger partial charge in [0.1, 0.15) is 4.83 Å². The Morgan fingerprint density at radius 2 is 2.23 bits per heavy atom. The third-order valence-electron chi connectivity index (χ3n) is 4.63. The lowest BCUT2D eigenvalue weighted by Gasteiger charge is -2.13. The van der Waals surface area contributed by atoms with Crippen LogP contribution in [-0.4, -0.2) is 15.3 Å². The lowest BCUT2D eigenvalue weighted by Crippen LogP contribution is -2.24. The number of hydrogen-bond donors (Lipinski definition) is 0. The molecule has 0 atom stereocenters. The molecule has 26 heavy (non-hydrogen) atoms. The van der Waals surface area contributed by atoms with Gasteiger partial charge in [0.2, 0.25) is 0 Å². The Kier molecular flexibility index (Phi) is 5.34. The van der Waals surface area contributed by atoms with E-state index >= 15 is 0 Å². The van der Waals surface area contributed by atoms with E-state index in [-0.39, 0.29) is 5.56 Å². The summed E-state index contributed by atoms with van der Waals surface area (Å²) in [6.45, 7) is 6.54. The Morgan fingerprint density at radius 3 is 3.00 bits per heavy atom. The molecule has 0 aromatic carbocycles. The molecule has 6 heteroatoms. The standard InChI is InChI=1S/C20H22N2OS3/c1-13(2)12-22-19(23)17-15-7-3-4-8-16(15)26-18(17)21-20(22)25-11-9-14-6-5-10-24-14/h5-6,10H,1,3-4,7-9,11-12H2,2H3. The van der Waals surface area contributed by atoms with Crippen LogP contribution in [0.1, 0.15) is 35.1 Å². The van der Waals surface area contributed by atoms with Crippen LogP contribution in [0, 0.1) is 0 Å². The van der Waals surface area contributed by atoms with Crippen molar-refractivity contribution in [3.63, 3.8) is 0 Å². The molecule has 1 aliphatic rings. The molecule has 0 N–H and O–H groups in total. The lowest BCUT2D eigenvalue weighted by atomic mass is 9.97. The van der Waals surface area contributed by atoms with Crippen LogP contribution in [0.25, 0.3) is 10.2 Å². The molecule has 0 radical (unpaired) electrons. The molecular formula is C20H22N2OS3. The van der Waals surface area contributed by atoms with Crippen molar-refractivity contribution in [1.29, 1.82) is 0 Å². The minimum atomic E-state index is 0.121. The summed E-state index contributed by atoms with van der Waals surface area (Å²) in [5, 5.41) is 3.81. The van der Waals surface area contributed by atoms with Crippen molar-refractivity contribution in [2.45, 2.75) is 50.7 Å². The summed E-state index contributed by atoms with van der Waals surface area (Å²) in [6, 6.07) is 4.25. The van der Waals surface area contributed by atoms with Crippen LogP contribution in [0.4, 0.5) is 0 Å². The van der Waals surface area contributed by atoms with Crippen LogP contribution in [0.2, 0.25) is 0 Å². The Balaban J connectivity index is 1.72. The van der Waals surface area contributed by atoms with Crippen LogP contribution < -0.4 is 5.56 Å². The average molecular weight is 403 g/mol. The molecular weight excluding hydrogens is 380 g/mol. The van der Waals surface area contributed by atoms with E-state index in [1.165, 1.54) is 28.2 Å². The van der Waals surface area contributed by atoms with Gasteiger partial charge < -0.3 is 0 Å². The van der Waals surface area contributed by atoms with Gasteiger partial charge in [-0.05, 0) is 56.0 Å². The highest BCUT2D eigenvalue weighted by atomic mass is 32.2. The van der Waals surface area contributed by atoms with Crippen LogP contribution in [0.5, 0.6) is 0 Å². The normalized spacial score (nSPS) is 13.9. The second kappa shape index (κ2) is 7.71. The first kappa shape index (κ1) is 18.0. The van der Waals surface area contributed by atoms with Crippen molar-refractivity contribution in [1.82, 2.24) is 9.55 Å². The van der Waals surface area contributed by atoms with E-state index in [1.54, 1.807) is 34.4 Å². The fourth-order valence-corrected chi connectivity index (χ4v) is 6.55. The van der Waals surface area contributed by atoms with E-state index in [4.69, 9.17) is 4.98 Å². The minimum absolute atomic E-state index is 0.121. The third kappa shape index (κ3) is 3.55. The van der Waals surface area contributed by atoms with Gasteiger partial charge >= 0.3 is 0 Å². The van der Waals surface area contributed by atoms with Crippen molar-refractivity contribution < 1.29 is 0 Å². The maximum absolute atomic E-state index is 13.3. The highest BCUT2D eigenvalue weighted by molar-refractivity contribution is 7.99. The lowest BCUT2D eigenvalue weighted by molar-refractivity contribution is 0.649. The monoisotopic (exact) mass is 402 g/mol. The molecule has 3 nitrogen and oxygen atoms in total. The maximum Gasteiger partial charge on any atom is 0.263 e. The summed E-state index contributed by atoms with van der Waals surface area (Å²) >= 11 is 5.20. The SMILES string of the molecule is C=C(C)Cn1c(SCCc2cccs2)nc2sc3c(c2c1=O)CCCC3. The van der Waals surface area contributed by atoms with Gasteiger partial charge in [0, 0.05) is 22.1 Å². The van der Waals surface area contributed by atoms with Gasteiger partial charge in [0.15, 0.2) is 5.16 Å². The molecule has 0 unspecified atom stereocenters. The smallest absolute Gasteiger partial charge is 0.263 e. The van der Waals surface area contributed by atoms with E-state index < -0.39 is 0 Å². The van der Waals surface area contributed by atoms with Gasteiger partial charge in [0.25, 0.3) is 5.56 Å². The Bertz CT molecular complexity index is 998. The van der Waals surface area contributed by atoms with Gasteiger partial charge in [-0.3, -0.25) is 9.36 Å². The number of aryl methyl sites for hydroxylation is 3. The van der Waals surface area contributed by atoms with Crippen molar-refractivity contribution in [2.75, 3.05) is 5.75 Å².